The number of aromatic nitrogens is 3. The van der Waals surface area contributed by atoms with Crippen molar-refractivity contribution in [3.05, 3.63) is 57.8 Å². The van der Waals surface area contributed by atoms with E-state index < -0.39 is 22.8 Å². The van der Waals surface area contributed by atoms with E-state index in [1.165, 1.54) is 0 Å². The topological polar surface area (TPSA) is 92.5 Å². The molecule has 2 N–H and O–H groups in total. The number of aliphatic hydroxyl groups is 1. The van der Waals surface area contributed by atoms with Crippen molar-refractivity contribution < 1.29 is 18.6 Å². The second-order valence-electron chi connectivity index (χ2n) is 9.38. The number of ether oxygens (including phenoxy) is 1. The van der Waals surface area contributed by atoms with E-state index in [2.05, 4.69) is 26.3 Å². The van der Waals surface area contributed by atoms with Crippen LogP contribution in [-0.2, 0) is 18.7 Å². The van der Waals surface area contributed by atoms with Gasteiger partial charge < -0.3 is 19.7 Å². The van der Waals surface area contributed by atoms with Gasteiger partial charge in [-0.25, -0.2) is 8.78 Å². The SMILES string of the molecule is O=c1c(F)cc2ncc(F)c3c2n1C[C@@]3(O)CN1CCC(NCc2cc3c(cn2)OCCS3)CC1. The summed E-state index contributed by atoms with van der Waals surface area (Å²) in [5, 5.41) is 15.0. The Morgan fingerprint density at radius 3 is 2.86 bits per heavy atom. The van der Waals surface area contributed by atoms with Crippen LogP contribution in [0, 0.1) is 11.6 Å². The summed E-state index contributed by atoms with van der Waals surface area (Å²) in [6, 6.07) is 3.37. The zero-order chi connectivity index (χ0) is 24.2. The Bertz CT molecular complexity index is 1360. The maximum Gasteiger partial charge on any atom is 0.287 e. The molecule has 6 heterocycles. The lowest BCUT2D eigenvalue weighted by Gasteiger charge is -2.37. The molecule has 8 nitrogen and oxygen atoms in total. The Morgan fingerprint density at radius 2 is 2.03 bits per heavy atom. The molecule has 0 unspecified atom stereocenters. The first-order valence-electron chi connectivity index (χ1n) is 11.7. The molecule has 1 atom stereocenters. The highest BCUT2D eigenvalue weighted by molar-refractivity contribution is 7.99. The molecule has 0 amide bonds. The molecular weight excluding hydrogens is 476 g/mol. The van der Waals surface area contributed by atoms with Crippen LogP contribution in [0.4, 0.5) is 8.78 Å². The molecule has 0 radical (unpaired) electrons. The van der Waals surface area contributed by atoms with Crippen molar-refractivity contribution in [2.45, 2.75) is 42.5 Å². The second kappa shape index (κ2) is 8.81. The van der Waals surface area contributed by atoms with E-state index >= 15 is 0 Å². The van der Waals surface area contributed by atoms with Crippen molar-refractivity contribution in [1.82, 2.24) is 24.8 Å². The minimum Gasteiger partial charge on any atom is -0.490 e. The van der Waals surface area contributed by atoms with Crippen LogP contribution in [0.5, 0.6) is 5.75 Å². The summed E-state index contributed by atoms with van der Waals surface area (Å²) in [6.45, 7) is 2.74. The first-order chi connectivity index (χ1) is 16.9. The molecule has 3 aliphatic rings. The summed E-state index contributed by atoms with van der Waals surface area (Å²) in [5.41, 5.74) is -1.16. The van der Waals surface area contributed by atoms with E-state index in [4.69, 9.17) is 4.74 Å². The van der Waals surface area contributed by atoms with Crippen LogP contribution in [0.3, 0.4) is 0 Å². The van der Waals surface area contributed by atoms with Crippen molar-refractivity contribution in [3.8, 4) is 5.75 Å². The summed E-state index contributed by atoms with van der Waals surface area (Å²) in [6.07, 6.45) is 4.48. The Balaban J connectivity index is 1.10. The van der Waals surface area contributed by atoms with Crippen LogP contribution >= 0.6 is 11.8 Å². The fraction of sp³-hybridized carbons (Fsp3) is 0.458. The van der Waals surface area contributed by atoms with Crippen molar-refractivity contribution >= 4 is 22.8 Å². The van der Waals surface area contributed by atoms with Crippen LogP contribution in [0.2, 0.25) is 0 Å². The lowest BCUT2D eigenvalue weighted by atomic mass is 9.93. The number of hydrogen-bond donors (Lipinski definition) is 2. The zero-order valence-electron chi connectivity index (χ0n) is 19.0. The summed E-state index contributed by atoms with van der Waals surface area (Å²) < 4.78 is 35.6. The van der Waals surface area contributed by atoms with Crippen LogP contribution in [0.25, 0.3) is 11.0 Å². The van der Waals surface area contributed by atoms with Crippen LogP contribution in [0.15, 0.2) is 34.2 Å². The van der Waals surface area contributed by atoms with Gasteiger partial charge in [-0.05, 0) is 32.0 Å². The largest absolute Gasteiger partial charge is 0.490 e. The van der Waals surface area contributed by atoms with Crippen molar-refractivity contribution in [2.75, 3.05) is 32.0 Å². The highest BCUT2D eigenvalue weighted by atomic mass is 32.2. The van der Waals surface area contributed by atoms with E-state index in [1.54, 1.807) is 18.0 Å². The van der Waals surface area contributed by atoms with Gasteiger partial charge in [0.05, 0.1) is 52.7 Å². The Labute approximate surface area is 204 Å². The van der Waals surface area contributed by atoms with Crippen molar-refractivity contribution in [2.24, 2.45) is 0 Å². The molecule has 0 aliphatic carbocycles. The predicted molar refractivity (Wildman–Crippen MR) is 127 cm³/mol. The van der Waals surface area contributed by atoms with E-state index in [1.807, 2.05) is 0 Å². The lowest BCUT2D eigenvalue weighted by Crippen LogP contribution is -2.48. The van der Waals surface area contributed by atoms with Gasteiger partial charge in [-0.15, -0.1) is 11.8 Å². The highest BCUT2D eigenvalue weighted by Gasteiger charge is 2.43. The normalized spacial score (nSPS) is 22.4. The van der Waals surface area contributed by atoms with Gasteiger partial charge in [-0.1, -0.05) is 0 Å². The number of nitrogens with one attached hydrogen (secondary N) is 1. The molecule has 3 aromatic heterocycles. The second-order valence-corrected chi connectivity index (χ2v) is 10.5. The smallest absolute Gasteiger partial charge is 0.287 e. The molecule has 35 heavy (non-hydrogen) atoms. The Kier molecular flexibility index (Phi) is 5.75. The van der Waals surface area contributed by atoms with Gasteiger partial charge >= 0.3 is 0 Å². The van der Waals surface area contributed by atoms with Gasteiger partial charge in [0.2, 0.25) is 0 Å². The summed E-state index contributed by atoms with van der Waals surface area (Å²) in [7, 11) is 0. The molecule has 0 aromatic carbocycles. The van der Waals surface area contributed by atoms with Crippen LogP contribution < -0.4 is 15.6 Å². The quantitative estimate of drug-likeness (QED) is 0.549. The number of halogens is 2. The number of piperidine rings is 1. The number of rotatable bonds is 5. The number of β-amino-alcohol motifs (C(OH)–C–C–N with tert-alkyl or cyclic N) is 1. The van der Waals surface area contributed by atoms with Crippen molar-refractivity contribution in [3.63, 3.8) is 0 Å². The molecule has 6 rings (SSSR count). The zero-order valence-corrected chi connectivity index (χ0v) is 19.8. The van der Waals surface area contributed by atoms with E-state index in [0.29, 0.717) is 32.3 Å². The van der Waals surface area contributed by atoms with E-state index in [-0.39, 0.29) is 29.7 Å². The Morgan fingerprint density at radius 1 is 1.20 bits per heavy atom. The fourth-order valence-corrected chi connectivity index (χ4v) is 6.21. The maximum absolute atomic E-state index is 14.8. The van der Waals surface area contributed by atoms with Gasteiger partial charge in [0, 0.05) is 31.0 Å². The summed E-state index contributed by atoms with van der Waals surface area (Å²) in [5.74, 6) is 0.143. The minimum atomic E-state index is -1.63. The molecule has 0 bridgehead atoms. The summed E-state index contributed by atoms with van der Waals surface area (Å²) >= 11 is 1.78. The van der Waals surface area contributed by atoms with Gasteiger partial charge in [-0.3, -0.25) is 19.7 Å². The number of thioether (sulfide) groups is 1. The number of likely N-dealkylation sites (tertiary alicyclic amines) is 1. The third-order valence-corrected chi connectivity index (χ3v) is 8.04. The van der Waals surface area contributed by atoms with Crippen LogP contribution in [0.1, 0.15) is 24.1 Å². The predicted octanol–water partition coefficient (Wildman–Crippen LogP) is 2.01. The summed E-state index contributed by atoms with van der Waals surface area (Å²) in [4.78, 5) is 23.9. The van der Waals surface area contributed by atoms with Gasteiger partial charge in [-0.2, -0.15) is 0 Å². The van der Waals surface area contributed by atoms with Gasteiger partial charge in [0.15, 0.2) is 11.6 Å². The maximum atomic E-state index is 14.8. The monoisotopic (exact) mass is 501 g/mol. The van der Waals surface area contributed by atoms with E-state index in [9.17, 15) is 18.7 Å². The molecule has 0 saturated carbocycles. The molecule has 3 aromatic rings. The molecule has 184 valence electrons. The molecular formula is C24H25F2N5O3S. The molecule has 3 aliphatic heterocycles. The van der Waals surface area contributed by atoms with Gasteiger partial charge in [0.1, 0.15) is 11.4 Å². The van der Waals surface area contributed by atoms with E-state index in [0.717, 1.165) is 51.8 Å². The lowest BCUT2D eigenvalue weighted by molar-refractivity contribution is -0.0160. The Hall–Kier alpha value is -2.60. The number of pyridine rings is 3. The minimum absolute atomic E-state index is 0.0279. The number of fused-ring (bicyclic) bond motifs is 1. The number of hydrogen-bond acceptors (Lipinski definition) is 8. The third-order valence-electron chi connectivity index (χ3n) is 7.03. The third kappa shape index (κ3) is 4.10. The fourth-order valence-electron chi connectivity index (χ4n) is 5.35. The average molecular weight is 502 g/mol. The first-order valence-corrected chi connectivity index (χ1v) is 12.7. The molecule has 1 fully saturated rings. The van der Waals surface area contributed by atoms with Gasteiger partial charge in [0.25, 0.3) is 5.56 Å². The van der Waals surface area contributed by atoms with Crippen molar-refractivity contribution in [1.29, 1.82) is 0 Å². The molecule has 1 saturated heterocycles. The standard InChI is InChI=1S/C24H25F2N5O3S/c25-16-8-18-22-21(17(26)10-29-18)24(33,13-31(22)23(16)32)12-30-3-1-14(2-4-30)27-9-15-7-20-19(11-28-15)34-5-6-35-20/h7-8,10-11,14,27,33H,1-6,9,12-13H2/t24-/m0/s1. The molecule has 0 spiro atoms. The number of nitrogens with zero attached hydrogens (tertiary/aromatic N) is 4. The molecule has 11 heteroatoms. The first kappa shape index (κ1) is 22.8. The average Bonchev–Trinajstić information content (AvgIpc) is 3.18. The van der Waals surface area contributed by atoms with Crippen LogP contribution in [-0.4, -0.2) is 62.6 Å². The highest BCUT2D eigenvalue weighted by Crippen LogP contribution is 2.38.